The van der Waals surface area contributed by atoms with Crippen LogP contribution in [0.5, 0.6) is 6.01 Å². The fourth-order valence-corrected chi connectivity index (χ4v) is 3.72. The van der Waals surface area contributed by atoms with Gasteiger partial charge in [0.2, 0.25) is 5.91 Å². The molecule has 0 aromatic carbocycles. The topological polar surface area (TPSA) is 99.1 Å². The predicted molar refractivity (Wildman–Crippen MR) is 104 cm³/mol. The summed E-state index contributed by atoms with van der Waals surface area (Å²) in [4.78, 5) is 37.8. The Morgan fingerprint density at radius 3 is 2.75 bits per heavy atom. The summed E-state index contributed by atoms with van der Waals surface area (Å²) < 4.78 is 5.76. The van der Waals surface area contributed by atoms with Crippen molar-refractivity contribution in [2.24, 2.45) is 0 Å². The maximum absolute atomic E-state index is 11.9. The highest BCUT2D eigenvalue weighted by atomic mass is 16.5. The summed E-state index contributed by atoms with van der Waals surface area (Å²) in [6, 6.07) is 1.79. The molecule has 3 heterocycles. The van der Waals surface area contributed by atoms with Crippen molar-refractivity contribution in [2.75, 3.05) is 44.7 Å². The standard InChI is InChI=1S/C19H27N5O4/c1-4-17(25)23-8-9-24(13(2)11-23)16-10-15(18(26)27)20-19(21-16)28-12-14-6-5-7-22(14)3/h4,10,13-14H,1,5-9,11-12H2,2-3H3,(H,26,27)/t13-,14-/m0/s1. The monoisotopic (exact) mass is 389 g/mol. The maximum atomic E-state index is 11.9. The molecule has 1 aromatic heterocycles. The van der Waals surface area contributed by atoms with E-state index in [-0.39, 0.29) is 29.7 Å². The van der Waals surface area contributed by atoms with Gasteiger partial charge in [-0.2, -0.15) is 9.97 Å². The molecule has 1 amide bonds. The second kappa shape index (κ2) is 8.55. The SMILES string of the molecule is C=CC(=O)N1CCN(c2cc(C(=O)O)nc(OC[C@@H]3CCCN3C)n2)[C@@H](C)C1. The Balaban J connectivity index is 1.76. The number of carbonyl (C=O) groups excluding carboxylic acids is 1. The summed E-state index contributed by atoms with van der Waals surface area (Å²) in [5.74, 6) is -0.731. The summed E-state index contributed by atoms with van der Waals surface area (Å²) in [7, 11) is 2.05. The number of hydrogen-bond acceptors (Lipinski definition) is 7. The van der Waals surface area contributed by atoms with Crippen LogP contribution in [-0.4, -0.2) is 88.7 Å². The van der Waals surface area contributed by atoms with E-state index in [0.717, 1.165) is 19.4 Å². The lowest BCUT2D eigenvalue weighted by Gasteiger charge is -2.40. The summed E-state index contributed by atoms with van der Waals surface area (Å²) >= 11 is 0. The number of carboxylic acid groups (broad SMARTS) is 1. The van der Waals surface area contributed by atoms with Crippen molar-refractivity contribution in [1.82, 2.24) is 19.8 Å². The summed E-state index contributed by atoms with van der Waals surface area (Å²) in [6.07, 6.45) is 3.47. The molecule has 0 radical (unpaired) electrons. The molecule has 9 nitrogen and oxygen atoms in total. The molecule has 2 atom stereocenters. The van der Waals surface area contributed by atoms with Crippen LogP contribution < -0.4 is 9.64 Å². The molecule has 0 bridgehead atoms. The number of aromatic nitrogens is 2. The number of amides is 1. The third kappa shape index (κ3) is 4.41. The van der Waals surface area contributed by atoms with Crippen LogP contribution in [0.2, 0.25) is 0 Å². The van der Waals surface area contributed by atoms with Crippen LogP contribution in [0.15, 0.2) is 18.7 Å². The van der Waals surface area contributed by atoms with E-state index in [4.69, 9.17) is 4.74 Å². The second-order valence-corrected chi connectivity index (χ2v) is 7.32. The summed E-state index contributed by atoms with van der Waals surface area (Å²) in [6.45, 7) is 8.53. The van der Waals surface area contributed by atoms with E-state index in [1.165, 1.54) is 12.1 Å². The first-order valence-electron chi connectivity index (χ1n) is 9.52. The zero-order valence-electron chi connectivity index (χ0n) is 16.4. The Bertz CT molecular complexity index is 756. The van der Waals surface area contributed by atoms with Gasteiger partial charge in [-0.1, -0.05) is 6.58 Å². The van der Waals surface area contributed by atoms with Gasteiger partial charge in [0.1, 0.15) is 12.4 Å². The third-order valence-corrected chi connectivity index (χ3v) is 5.40. The van der Waals surface area contributed by atoms with E-state index in [0.29, 0.717) is 32.1 Å². The van der Waals surface area contributed by atoms with E-state index < -0.39 is 5.97 Å². The van der Waals surface area contributed by atoms with E-state index in [9.17, 15) is 14.7 Å². The number of rotatable bonds is 6. The number of hydrogen-bond donors (Lipinski definition) is 1. The lowest BCUT2D eigenvalue weighted by molar-refractivity contribution is -0.126. The highest BCUT2D eigenvalue weighted by Crippen LogP contribution is 2.23. The van der Waals surface area contributed by atoms with Crippen LogP contribution in [0.1, 0.15) is 30.3 Å². The van der Waals surface area contributed by atoms with Crippen LogP contribution >= 0.6 is 0 Å². The minimum Gasteiger partial charge on any atom is -0.477 e. The van der Waals surface area contributed by atoms with Crippen molar-refractivity contribution in [3.63, 3.8) is 0 Å². The first-order chi connectivity index (χ1) is 13.4. The molecule has 2 saturated heterocycles. The average molecular weight is 389 g/mol. The molecule has 2 fully saturated rings. The first-order valence-corrected chi connectivity index (χ1v) is 9.52. The lowest BCUT2D eigenvalue weighted by Crippen LogP contribution is -2.53. The Morgan fingerprint density at radius 1 is 1.36 bits per heavy atom. The predicted octanol–water partition coefficient (Wildman–Crippen LogP) is 0.871. The molecule has 1 N–H and O–H groups in total. The fourth-order valence-electron chi connectivity index (χ4n) is 3.72. The number of likely N-dealkylation sites (N-methyl/N-ethyl adjacent to an activating group) is 1. The van der Waals surface area contributed by atoms with Crippen LogP contribution in [0, 0.1) is 0 Å². The van der Waals surface area contributed by atoms with E-state index in [2.05, 4.69) is 21.4 Å². The van der Waals surface area contributed by atoms with Gasteiger partial charge in [-0.05, 0) is 39.4 Å². The molecule has 2 aliphatic rings. The molecule has 9 heteroatoms. The van der Waals surface area contributed by atoms with Gasteiger partial charge in [-0.15, -0.1) is 0 Å². The zero-order chi connectivity index (χ0) is 20.3. The molecule has 152 valence electrons. The number of carbonyl (C=O) groups is 2. The Kier molecular flexibility index (Phi) is 6.13. The minimum absolute atomic E-state index is 0.0250. The molecule has 28 heavy (non-hydrogen) atoms. The number of nitrogens with zero attached hydrogens (tertiary/aromatic N) is 5. The quantitative estimate of drug-likeness (QED) is 0.716. The molecule has 3 rings (SSSR count). The Morgan fingerprint density at radius 2 is 2.14 bits per heavy atom. The van der Waals surface area contributed by atoms with Crippen LogP contribution in [-0.2, 0) is 4.79 Å². The van der Waals surface area contributed by atoms with Crippen LogP contribution in [0.4, 0.5) is 5.82 Å². The Labute approximate surface area is 164 Å². The fraction of sp³-hybridized carbons (Fsp3) is 0.579. The van der Waals surface area contributed by atoms with Crippen molar-refractivity contribution in [1.29, 1.82) is 0 Å². The second-order valence-electron chi connectivity index (χ2n) is 7.32. The number of likely N-dealkylation sites (tertiary alicyclic amines) is 1. The van der Waals surface area contributed by atoms with E-state index in [1.807, 2.05) is 18.9 Å². The molecule has 1 aromatic rings. The van der Waals surface area contributed by atoms with Gasteiger partial charge >= 0.3 is 12.0 Å². The van der Waals surface area contributed by atoms with Crippen molar-refractivity contribution in [3.8, 4) is 6.01 Å². The lowest BCUT2D eigenvalue weighted by atomic mass is 10.2. The van der Waals surface area contributed by atoms with Crippen LogP contribution in [0.25, 0.3) is 0 Å². The number of ether oxygens (including phenoxy) is 1. The van der Waals surface area contributed by atoms with E-state index >= 15 is 0 Å². The zero-order valence-corrected chi connectivity index (χ0v) is 16.4. The number of carboxylic acids is 1. The van der Waals surface area contributed by atoms with Crippen LogP contribution in [0.3, 0.4) is 0 Å². The highest BCUT2D eigenvalue weighted by molar-refractivity contribution is 5.87. The van der Waals surface area contributed by atoms with Gasteiger partial charge < -0.3 is 24.5 Å². The molecule has 2 aliphatic heterocycles. The smallest absolute Gasteiger partial charge is 0.354 e. The van der Waals surface area contributed by atoms with Crippen molar-refractivity contribution >= 4 is 17.7 Å². The van der Waals surface area contributed by atoms with Crippen molar-refractivity contribution in [2.45, 2.75) is 31.8 Å². The number of anilines is 1. The molecule has 0 unspecified atom stereocenters. The summed E-state index contributed by atoms with van der Waals surface area (Å²) in [5.41, 5.74) is -0.100. The Hall–Kier alpha value is -2.68. The summed E-state index contributed by atoms with van der Waals surface area (Å²) in [5, 5.41) is 9.43. The van der Waals surface area contributed by atoms with Gasteiger partial charge in [0.05, 0.1) is 0 Å². The minimum atomic E-state index is -1.13. The normalized spacial score (nSPS) is 22.9. The number of piperazine rings is 1. The van der Waals surface area contributed by atoms with Gasteiger partial charge in [0.15, 0.2) is 5.69 Å². The third-order valence-electron chi connectivity index (χ3n) is 5.40. The number of aromatic carboxylic acids is 1. The molecule has 0 spiro atoms. The molecule has 0 aliphatic carbocycles. The first kappa shape index (κ1) is 20.1. The average Bonchev–Trinajstić information content (AvgIpc) is 3.10. The van der Waals surface area contributed by atoms with Gasteiger partial charge in [-0.3, -0.25) is 4.79 Å². The van der Waals surface area contributed by atoms with Crippen molar-refractivity contribution < 1.29 is 19.4 Å². The maximum Gasteiger partial charge on any atom is 0.354 e. The van der Waals surface area contributed by atoms with E-state index in [1.54, 1.807) is 4.90 Å². The van der Waals surface area contributed by atoms with Crippen molar-refractivity contribution in [3.05, 3.63) is 24.4 Å². The molecular weight excluding hydrogens is 362 g/mol. The molecule has 0 saturated carbocycles. The largest absolute Gasteiger partial charge is 0.477 e. The molecular formula is C19H27N5O4. The van der Waals surface area contributed by atoms with Gasteiger partial charge in [-0.25, -0.2) is 4.79 Å². The van der Waals surface area contributed by atoms with Gasteiger partial charge in [0.25, 0.3) is 0 Å². The van der Waals surface area contributed by atoms with Gasteiger partial charge in [0, 0.05) is 37.8 Å². The highest BCUT2D eigenvalue weighted by Gasteiger charge is 2.28.